The first-order valence-electron chi connectivity index (χ1n) is 6.59. The number of anilines is 1. The Bertz CT molecular complexity index is 639. The Morgan fingerprint density at radius 2 is 2.38 bits per heavy atom. The number of halogens is 1. The van der Waals surface area contributed by atoms with Crippen LogP contribution in [0.5, 0.6) is 0 Å². The van der Waals surface area contributed by atoms with Crippen LogP contribution in [0.4, 0.5) is 5.69 Å². The number of rotatable bonds is 4. The number of hydrogen-bond donors (Lipinski definition) is 1. The van der Waals surface area contributed by atoms with E-state index < -0.39 is 0 Å². The molecular formula is C13H16BrN5O2. The van der Waals surface area contributed by atoms with E-state index in [1.54, 1.807) is 11.8 Å². The Hall–Kier alpha value is -1.51. The largest absolute Gasteiger partial charge is 0.398 e. The highest BCUT2D eigenvalue weighted by Gasteiger charge is 2.36. The molecule has 112 valence electrons. The predicted molar refractivity (Wildman–Crippen MR) is 80.5 cm³/mol. The first kappa shape index (κ1) is 14.4. The van der Waals surface area contributed by atoms with Crippen LogP contribution in [0.25, 0.3) is 11.4 Å². The maximum Gasteiger partial charge on any atom is 0.183 e. The molecule has 1 aromatic heterocycles. The Labute approximate surface area is 130 Å². The molecule has 0 saturated carbocycles. The fourth-order valence-corrected chi connectivity index (χ4v) is 2.88. The molecule has 0 radical (unpaired) electrons. The van der Waals surface area contributed by atoms with Gasteiger partial charge in [0.15, 0.2) is 5.82 Å². The highest BCUT2D eigenvalue weighted by molar-refractivity contribution is 9.10. The van der Waals surface area contributed by atoms with Crippen LogP contribution in [-0.2, 0) is 16.0 Å². The number of nitrogens with zero attached hydrogens (tertiary/aromatic N) is 4. The van der Waals surface area contributed by atoms with Crippen molar-refractivity contribution in [1.82, 2.24) is 20.2 Å². The second-order valence-electron chi connectivity index (χ2n) is 5.06. The average molecular weight is 354 g/mol. The highest BCUT2D eigenvalue weighted by Crippen LogP contribution is 2.32. The SMILES string of the molecule is COC1(Cn2nnnc2-c2cccc(N)c2Br)CCOC1. The summed E-state index contributed by atoms with van der Waals surface area (Å²) >= 11 is 3.49. The molecule has 1 saturated heterocycles. The Kier molecular flexibility index (Phi) is 3.92. The summed E-state index contributed by atoms with van der Waals surface area (Å²) in [5, 5.41) is 12.0. The molecule has 2 aromatic rings. The van der Waals surface area contributed by atoms with E-state index in [1.807, 2.05) is 18.2 Å². The summed E-state index contributed by atoms with van der Waals surface area (Å²) in [6.45, 7) is 1.77. The fraction of sp³-hybridized carbons (Fsp3) is 0.462. The molecule has 1 fully saturated rings. The third-order valence-corrected chi connectivity index (χ3v) is 4.62. The molecule has 0 bridgehead atoms. The van der Waals surface area contributed by atoms with Gasteiger partial charge in [-0.25, -0.2) is 4.68 Å². The van der Waals surface area contributed by atoms with Crippen molar-refractivity contribution < 1.29 is 9.47 Å². The zero-order valence-electron chi connectivity index (χ0n) is 11.6. The molecule has 0 amide bonds. The number of tetrazole rings is 1. The van der Waals surface area contributed by atoms with Crippen molar-refractivity contribution in [2.24, 2.45) is 0 Å². The number of methoxy groups -OCH3 is 1. The van der Waals surface area contributed by atoms with Crippen LogP contribution < -0.4 is 5.73 Å². The molecule has 1 aliphatic rings. The molecule has 1 aromatic carbocycles. The van der Waals surface area contributed by atoms with Crippen molar-refractivity contribution in [3.8, 4) is 11.4 Å². The van der Waals surface area contributed by atoms with Gasteiger partial charge in [-0.3, -0.25) is 0 Å². The maximum absolute atomic E-state index is 5.92. The van der Waals surface area contributed by atoms with Crippen molar-refractivity contribution in [3.63, 3.8) is 0 Å². The third kappa shape index (κ3) is 2.66. The molecule has 21 heavy (non-hydrogen) atoms. The first-order chi connectivity index (χ1) is 10.2. The van der Waals surface area contributed by atoms with Crippen LogP contribution in [-0.4, -0.2) is 46.1 Å². The lowest BCUT2D eigenvalue weighted by atomic mass is 10.0. The number of hydrogen-bond acceptors (Lipinski definition) is 6. The van der Waals surface area contributed by atoms with Crippen molar-refractivity contribution in [2.75, 3.05) is 26.1 Å². The Balaban J connectivity index is 1.96. The van der Waals surface area contributed by atoms with Gasteiger partial charge in [0, 0.05) is 31.4 Å². The molecule has 7 nitrogen and oxygen atoms in total. The van der Waals surface area contributed by atoms with Gasteiger partial charge in [0.05, 0.1) is 17.6 Å². The molecular weight excluding hydrogens is 338 g/mol. The summed E-state index contributed by atoms with van der Waals surface area (Å²) in [6, 6.07) is 5.62. The van der Waals surface area contributed by atoms with Gasteiger partial charge in [-0.2, -0.15) is 0 Å². The van der Waals surface area contributed by atoms with Gasteiger partial charge >= 0.3 is 0 Å². The summed E-state index contributed by atoms with van der Waals surface area (Å²) in [4.78, 5) is 0. The lowest BCUT2D eigenvalue weighted by Crippen LogP contribution is -2.37. The van der Waals surface area contributed by atoms with Gasteiger partial charge in [-0.15, -0.1) is 5.10 Å². The summed E-state index contributed by atoms with van der Waals surface area (Å²) in [6.07, 6.45) is 0.820. The summed E-state index contributed by atoms with van der Waals surface area (Å²) < 4.78 is 13.6. The van der Waals surface area contributed by atoms with Gasteiger partial charge in [0.2, 0.25) is 0 Å². The number of nitrogen functional groups attached to an aromatic ring is 1. The van der Waals surface area contributed by atoms with Gasteiger partial charge in [-0.1, -0.05) is 6.07 Å². The number of nitrogens with two attached hydrogens (primary N) is 1. The first-order valence-corrected chi connectivity index (χ1v) is 7.38. The van der Waals surface area contributed by atoms with Crippen molar-refractivity contribution in [1.29, 1.82) is 0 Å². The van der Waals surface area contributed by atoms with Gasteiger partial charge in [0.1, 0.15) is 5.60 Å². The smallest absolute Gasteiger partial charge is 0.183 e. The van der Waals surface area contributed by atoms with Crippen LogP contribution >= 0.6 is 15.9 Å². The second-order valence-corrected chi connectivity index (χ2v) is 5.85. The van der Waals surface area contributed by atoms with Gasteiger partial charge in [-0.05, 0) is 38.5 Å². The van der Waals surface area contributed by atoms with E-state index in [4.69, 9.17) is 15.2 Å². The number of aromatic nitrogens is 4. The summed E-state index contributed by atoms with van der Waals surface area (Å²) in [5.41, 5.74) is 7.04. The molecule has 0 aliphatic carbocycles. The topological polar surface area (TPSA) is 88.1 Å². The van der Waals surface area contributed by atoms with Crippen LogP contribution in [0, 0.1) is 0 Å². The maximum atomic E-state index is 5.92. The molecule has 8 heteroatoms. The minimum Gasteiger partial charge on any atom is -0.398 e. The predicted octanol–water partition coefficient (Wildman–Crippen LogP) is 1.49. The fourth-order valence-electron chi connectivity index (χ4n) is 2.44. The molecule has 3 rings (SSSR count). The van der Waals surface area contributed by atoms with Crippen LogP contribution in [0.15, 0.2) is 22.7 Å². The Morgan fingerprint density at radius 1 is 1.52 bits per heavy atom. The quantitative estimate of drug-likeness (QED) is 0.837. The number of ether oxygens (including phenoxy) is 2. The van der Waals surface area contributed by atoms with Gasteiger partial charge < -0.3 is 15.2 Å². The average Bonchev–Trinajstić information content (AvgIpc) is 3.13. The highest BCUT2D eigenvalue weighted by atomic mass is 79.9. The zero-order valence-corrected chi connectivity index (χ0v) is 13.2. The summed E-state index contributed by atoms with van der Waals surface area (Å²) in [5.74, 6) is 0.650. The van der Waals surface area contributed by atoms with E-state index in [1.165, 1.54) is 0 Å². The normalized spacial score (nSPS) is 21.8. The minimum absolute atomic E-state index is 0.378. The molecule has 1 aliphatic heterocycles. The van der Waals surface area contributed by atoms with E-state index in [0.717, 1.165) is 16.5 Å². The molecule has 2 N–H and O–H groups in total. The van der Waals surface area contributed by atoms with Crippen LogP contribution in [0.3, 0.4) is 0 Å². The van der Waals surface area contributed by atoms with Gasteiger partial charge in [0.25, 0.3) is 0 Å². The molecule has 1 unspecified atom stereocenters. The monoisotopic (exact) mass is 353 g/mol. The van der Waals surface area contributed by atoms with Crippen molar-refractivity contribution >= 4 is 21.6 Å². The Morgan fingerprint density at radius 3 is 3.10 bits per heavy atom. The number of benzene rings is 1. The van der Waals surface area contributed by atoms with E-state index in [0.29, 0.717) is 31.3 Å². The van der Waals surface area contributed by atoms with E-state index in [-0.39, 0.29) is 5.60 Å². The lowest BCUT2D eigenvalue weighted by Gasteiger charge is -2.25. The molecule has 0 spiro atoms. The second kappa shape index (κ2) is 5.70. The van der Waals surface area contributed by atoms with Crippen LogP contribution in [0.2, 0.25) is 0 Å². The molecule has 2 heterocycles. The third-order valence-electron chi connectivity index (χ3n) is 3.74. The lowest BCUT2D eigenvalue weighted by molar-refractivity contribution is -0.0317. The zero-order chi connectivity index (χ0) is 14.9. The molecule has 1 atom stereocenters. The van der Waals surface area contributed by atoms with E-state index >= 15 is 0 Å². The summed E-state index contributed by atoms with van der Waals surface area (Å²) in [7, 11) is 1.69. The van der Waals surface area contributed by atoms with Crippen molar-refractivity contribution in [3.05, 3.63) is 22.7 Å². The standard InChI is InChI=1S/C13H16BrN5O2/c1-20-13(5-6-21-8-13)7-19-12(16-17-18-19)9-3-2-4-10(15)11(9)14/h2-4H,5-8,15H2,1H3. The van der Waals surface area contributed by atoms with Crippen LogP contribution in [0.1, 0.15) is 6.42 Å². The van der Waals surface area contributed by atoms with Crippen molar-refractivity contribution in [2.45, 2.75) is 18.6 Å². The van der Waals surface area contributed by atoms with E-state index in [2.05, 4.69) is 31.5 Å². The minimum atomic E-state index is -0.378. The van der Waals surface area contributed by atoms with E-state index in [9.17, 15) is 0 Å².